The van der Waals surface area contributed by atoms with E-state index >= 15 is 0 Å². The highest BCUT2D eigenvalue weighted by molar-refractivity contribution is 5.19. The summed E-state index contributed by atoms with van der Waals surface area (Å²) in [6.45, 7) is 11.5. The van der Waals surface area contributed by atoms with E-state index in [4.69, 9.17) is 5.11 Å². The van der Waals surface area contributed by atoms with Crippen LogP contribution in [0.4, 0.5) is 0 Å². The summed E-state index contributed by atoms with van der Waals surface area (Å²) in [6.07, 6.45) is 9.54. The van der Waals surface area contributed by atoms with Crippen LogP contribution in [0.2, 0.25) is 0 Å². The minimum atomic E-state index is -0.172. The lowest BCUT2D eigenvalue weighted by Crippen LogP contribution is -2.54. The van der Waals surface area contributed by atoms with Crippen LogP contribution in [0.3, 0.4) is 0 Å². The van der Waals surface area contributed by atoms with Crippen molar-refractivity contribution in [2.24, 2.45) is 22.7 Å². The molecule has 0 aromatic rings. The molecule has 2 rings (SSSR count). The molecular formula is C20H34O2. The van der Waals surface area contributed by atoms with E-state index in [2.05, 4.69) is 40.7 Å². The van der Waals surface area contributed by atoms with Crippen LogP contribution in [0.15, 0.2) is 23.3 Å². The van der Waals surface area contributed by atoms with Crippen LogP contribution >= 0.6 is 0 Å². The summed E-state index contributed by atoms with van der Waals surface area (Å²) in [6, 6.07) is 0. The second kappa shape index (κ2) is 6.49. The molecule has 2 aliphatic rings. The highest BCUT2D eigenvalue weighted by atomic mass is 16.3. The van der Waals surface area contributed by atoms with Gasteiger partial charge in [-0.3, -0.25) is 0 Å². The Labute approximate surface area is 136 Å². The smallest absolute Gasteiger partial charge is 0.0614 e. The molecule has 2 aliphatic carbocycles. The number of rotatable bonds is 4. The molecule has 2 N–H and O–H groups in total. The van der Waals surface area contributed by atoms with Crippen LogP contribution < -0.4 is 0 Å². The molecule has 126 valence electrons. The number of aliphatic hydroxyl groups excluding tert-OH is 2. The van der Waals surface area contributed by atoms with Gasteiger partial charge in [0.15, 0.2) is 0 Å². The second-order valence-electron chi connectivity index (χ2n) is 8.44. The fourth-order valence-corrected chi connectivity index (χ4v) is 5.22. The Morgan fingerprint density at radius 2 is 2.05 bits per heavy atom. The van der Waals surface area contributed by atoms with Gasteiger partial charge in [-0.1, -0.05) is 44.1 Å². The summed E-state index contributed by atoms with van der Waals surface area (Å²) >= 11 is 0. The molecule has 4 atom stereocenters. The molecule has 0 aliphatic heterocycles. The maximum absolute atomic E-state index is 10.5. The summed E-state index contributed by atoms with van der Waals surface area (Å²) in [5, 5.41) is 19.5. The Kier molecular flexibility index (Phi) is 5.23. The number of fused-ring (bicyclic) bond motifs is 1. The van der Waals surface area contributed by atoms with E-state index in [0.29, 0.717) is 17.3 Å². The first-order valence-corrected chi connectivity index (χ1v) is 8.84. The largest absolute Gasteiger partial charge is 0.393 e. The Hall–Kier alpha value is -0.600. The first-order valence-electron chi connectivity index (χ1n) is 8.84. The normalized spacial score (nSPS) is 38.4. The lowest BCUT2D eigenvalue weighted by Gasteiger charge is -2.58. The summed E-state index contributed by atoms with van der Waals surface area (Å²) in [4.78, 5) is 0. The van der Waals surface area contributed by atoms with Crippen molar-refractivity contribution in [3.05, 3.63) is 23.3 Å². The van der Waals surface area contributed by atoms with Gasteiger partial charge >= 0.3 is 0 Å². The van der Waals surface area contributed by atoms with Gasteiger partial charge < -0.3 is 10.2 Å². The van der Waals surface area contributed by atoms with Crippen molar-refractivity contribution >= 4 is 0 Å². The molecule has 0 saturated heterocycles. The summed E-state index contributed by atoms with van der Waals surface area (Å²) < 4.78 is 0. The zero-order valence-corrected chi connectivity index (χ0v) is 15.0. The molecule has 1 fully saturated rings. The molecule has 0 radical (unpaired) electrons. The van der Waals surface area contributed by atoms with E-state index in [1.54, 1.807) is 0 Å². The molecule has 0 bridgehead atoms. The van der Waals surface area contributed by atoms with Gasteiger partial charge in [-0.25, -0.2) is 0 Å². The van der Waals surface area contributed by atoms with Crippen LogP contribution in [0.1, 0.15) is 66.7 Å². The van der Waals surface area contributed by atoms with Crippen molar-refractivity contribution in [2.75, 3.05) is 6.61 Å². The Morgan fingerprint density at radius 3 is 2.68 bits per heavy atom. The SMILES string of the molecule is CC1=CC[C@H]2C(C)(C)[C@@H](O)CC[C@]2(C)[C@H]1CC/C(C)=C/CO. The van der Waals surface area contributed by atoms with E-state index in [9.17, 15) is 5.11 Å². The predicted octanol–water partition coefficient (Wildman–Crippen LogP) is 4.47. The topological polar surface area (TPSA) is 40.5 Å². The number of hydrogen-bond acceptors (Lipinski definition) is 2. The number of hydrogen-bond donors (Lipinski definition) is 2. The monoisotopic (exact) mass is 306 g/mol. The standard InChI is InChI=1S/C20H34O2/c1-14(11-13-21)6-8-16-15(2)7-9-17-19(3,4)18(22)10-12-20(16,17)5/h7,11,16-18,21-22H,6,8-10,12-13H2,1-5H3/b14-11+/t16-,17-,18-,20+/m0/s1. The minimum absolute atomic E-state index is 0.00156. The molecule has 0 heterocycles. The molecule has 2 nitrogen and oxygen atoms in total. The summed E-state index contributed by atoms with van der Waals surface area (Å²) in [7, 11) is 0. The molecule has 1 saturated carbocycles. The first-order chi connectivity index (χ1) is 10.2. The van der Waals surface area contributed by atoms with Crippen LogP contribution in [-0.4, -0.2) is 22.9 Å². The van der Waals surface area contributed by atoms with Crippen molar-refractivity contribution in [2.45, 2.75) is 72.8 Å². The van der Waals surface area contributed by atoms with E-state index in [-0.39, 0.29) is 18.1 Å². The second-order valence-corrected chi connectivity index (χ2v) is 8.44. The number of aliphatic hydroxyl groups is 2. The van der Waals surface area contributed by atoms with Crippen molar-refractivity contribution in [1.82, 2.24) is 0 Å². The zero-order chi connectivity index (χ0) is 16.5. The molecule has 0 spiro atoms. The molecule has 0 aromatic heterocycles. The third-order valence-electron chi connectivity index (χ3n) is 6.80. The fraction of sp³-hybridized carbons (Fsp3) is 0.800. The lowest BCUT2D eigenvalue weighted by molar-refractivity contribution is -0.115. The maximum atomic E-state index is 10.5. The van der Waals surface area contributed by atoms with Crippen molar-refractivity contribution < 1.29 is 10.2 Å². The molecule has 0 aromatic carbocycles. The van der Waals surface area contributed by atoms with E-state index in [1.807, 2.05) is 6.08 Å². The van der Waals surface area contributed by atoms with Gasteiger partial charge in [0.2, 0.25) is 0 Å². The molecule has 0 amide bonds. The molecule has 22 heavy (non-hydrogen) atoms. The zero-order valence-electron chi connectivity index (χ0n) is 15.0. The molecule has 2 heteroatoms. The average molecular weight is 306 g/mol. The maximum Gasteiger partial charge on any atom is 0.0614 e. The quantitative estimate of drug-likeness (QED) is 0.752. The van der Waals surface area contributed by atoms with Crippen molar-refractivity contribution in [3.8, 4) is 0 Å². The lowest BCUT2D eigenvalue weighted by atomic mass is 9.47. The Bertz CT molecular complexity index is 460. The summed E-state index contributed by atoms with van der Waals surface area (Å²) in [5.41, 5.74) is 3.11. The first kappa shape index (κ1) is 17.7. The third kappa shape index (κ3) is 3.05. The van der Waals surface area contributed by atoms with Crippen molar-refractivity contribution in [1.29, 1.82) is 0 Å². The Morgan fingerprint density at radius 1 is 1.36 bits per heavy atom. The third-order valence-corrected chi connectivity index (χ3v) is 6.80. The van der Waals surface area contributed by atoms with E-state index < -0.39 is 0 Å². The van der Waals surface area contributed by atoms with E-state index in [0.717, 1.165) is 32.1 Å². The Balaban J connectivity index is 2.24. The van der Waals surface area contributed by atoms with Gasteiger partial charge in [0.05, 0.1) is 12.7 Å². The molecular weight excluding hydrogens is 272 g/mol. The molecule has 0 unspecified atom stereocenters. The van der Waals surface area contributed by atoms with Gasteiger partial charge in [-0.15, -0.1) is 0 Å². The summed E-state index contributed by atoms with van der Waals surface area (Å²) in [5.74, 6) is 1.15. The van der Waals surface area contributed by atoms with Gasteiger partial charge in [0, 0.05) is 0 Å². The van der Waals surface area contributed by atoms with E-state index in [1.165, 1.54) is 11.1 Å². The average Bonchev–Trinajstić information content (AvgIpc) is 2.43. The highest BCUT2D eigenvalue weighted by Crippen LogP contribution is 2.60. The fourth-order valence-electron chi connectivity index (χ4n) is 5.22. The van der Waals surface area contributed by atoms with Crippen molar-refractivity contribution in [3.63, 3.8) is 0 Å². The van der Waals surface area contributed by atoms with Gasteiger partial charge in [-0.2, -0.15) is 0 Å². The van der Waals surface area contributed by atoms with Crippen LogP contribution in [-0.2, 0) is 0 Å². The minimum Gasteiger partial charge on any atom is -0.393 e. The van der Waals surface area contributed by atoms with Crippen LogP contribution in [0, 0.1) is 22.7 Å². The number of allylic oxidation sites excluding steroid dienone is 3. The van der Waals surface area contributed by atoms with Gasteiger partial charge in [0.25, 0.3) is 0 Å². The predicted molar refractivity (Wildman–Crippen MR) is 92.6 cm³/mol. The van der Waals surface area contributed by atoms with Gasteiger partial charge in [0.1, 0.15) is 0 Å². The van der Waals surface area contributed by atoms with Crippen LogP contribution in [0.5, 0.6) is 0 Å². The van der Waals surface area contributed by atoms with Crippen LogP contribution in [0.25, 0.3) is 0 Å². The van der Waals surface area contributed by atoms with Gasteiger partial charge in [-0.05, 0) is 68.6 Å². The highest BCUT2D eigenvalue weighted by Gasteiger charge is 2.54.